The van der Waals surface area contributed by atoms with Crippen molar-refractivity contribution in [1.29, 1.82) is 0 Å². The van der Waals surface area contributed by atoms with Crippen LogP contribution in [0.4, 0.5) is 10.1 Å². The molecule has 2 nitrogen and oxygen atoms in total. The van der Waals surface area contributed by atoms with Crippen LogP contribution in [0.15, 0.2) is 36.4 Å². The van der Waals surface area contributed by atoms with Crippen LogP contribution in [-0.4, -0.2) is 0 Å². The lowest BCUT2D eigenvalue weighted by Gasteiger charge is -2.12. The number of rotatable bonds is 3. The molecule has 2 aromatic carbocycles. The van der Waals surface area contributed by atoms with Crippen LogP contribution in [0.3, 0.4) is 0 Å². The van der Waals surface area contributed by atoms with Gasteiger partial charge in [0.1, 0.15) is 18.2 Å². The summed E-state index contributed by atoms with van der Waals surface area (Å²) in [5, 5.41) is 0. The summed E-state index contributed by atoms with van der Waals surface area (Å²) < 4.78 is 18.6. The molecular formula is C15H16FNO. The Hall–Kier alpha value is -2.03. The Morgan fingerprint density at radius 1 is 1.17 bits per heavy atom. The van der Waals surface area contributed by atoms with Crippen molar-refractivity contribution < 1.29 is 9.13 Å². The van der Waals surface area contributed by atoms with Crippen molar-refractivity contribution >= 4 is 5.69 Å². The monoisotopic (exact) mass is 245 g/mol. The molecule has 0 spiro atoms. The number of halogens is 1. The van der Waals surface area contributed by atoms with E-state index in [2.05, 4.69) is 0 Å². The second-order valence-corrected chi connectivity index (χ2v) is 4.33. The third-order valence-electron chi connectivity index (χ3n) is 3.01. The summed E-state index contributed by atoms with van der Waals surface area (Å²) in [5.41, 5.74) is 9.44. The average molecular weight is 245 g/mol. The molecule has 0 atom stereocenters. The minimum atomic E-state index is -0.250. The van der Waals surface area contributed by atoms with Gasteiger partial charge in [-0.15, -0.1) is 0 Å². The molecule has 0 saturated heterocycles. The molecule has 0 radical (unpaired) electrons. The van der Waals surface area contributed by atoms with Crippen LogP contribution >= 0.6 is 0 Å². The highest BCUT2D eigenvalue weighted by Gasteiger charge is 2.04. The van der Waals surface area contributed by atoms with E-state index in [1.807, 2.05) is 32.0 Å². The SMILES string of the molecule is Cc1cc(F)ccc1OCc1cccc(N)c1C. The standard InChI is InChI=1S/C15H16FNO/c1-10-8-13(16)6-7-15(10)18-9-12-4-3-5-14(17)11(12)2/h3-8H,9,17H2,1-2H3. The molecule has 0 aromatic heterocycles. The van der Waals surface area contributed by atoms with Crippen molar-refractivity contribution in [2.75, 3.05) is 5.73 Å². The highest BCUT2D eigenvalue weighted by atomic mass is 19.1. The molecule has 3 heteroatoms. The van der Waals surface area contributed by atoms with Gasteiger partial charge in [-0.05, 0) is 54.8 Å². The van der Waals surface area contributed by atoms with Gasteiger partial charge in [-0.2, -0.15) is 0 Å². The molecule has 0 aliphatic carbocycles. The lowest BCUT2D eigenvalue weighted by atomic mass is 10.1. The van der Waals surface area contributed by atoms with E-state index in [0.29, 0.717) is 12.4 Å². The second-order valence-electron chi connectivity index (χ2n) is 4.33. The maximum Gasteiger partial charge on any atom is 0.123 e. The Labute approximate surface area is 106 Å². The maximum absolute atomic E-state index is 13.0. The summed E-state index contributed by atoms with van der Waals surface area (Å²) in [7, 11) is 0. The summed E-state index contributed by atoms with van der Waals surface area (Å²) in [4.78, 5) is 0. The van der Waals surface area contributed by atoms with Gasteiger partial charge in [-0.25, -0.2) is 4.39 Å². The number of hydrogen-bond acceptors (Lipinski definition) is 2. The number of nitrogens with two attached hydrogens (primary N) is 1. The molecule has 0 aliphatic rings. The van der Waals surface area contributed by atoms with E-state index in [1.54, 1.807) is 6.07 Å². The van der Waals surface area contributed by atoms with Crippen LogP contribution in [-0.2, 0) is 6.61 Å². The fourth-order valence-corrected chi connectivity index (χ4v) is 1.79. The molecule has 18 heavy (non-hydrogen) atoms. The lowest BCUT2D eigenvalue weighted by molar-refractivity contribution is 0.303. The number of ether oxygens (including phenoxy) is 1. The molecule has 0 aliphatic heterocycles. The van der Waals surface area contributed by atoms with Crippen LogP contribution in [0.1, 0.15) is 16.7 Å². The van der Waals surface area contributed by atoms with E-state index in [1.165, 1.54) is 12.1 Å². The average Bonchev–Trinajstić information content (AvgIpc) is 2.33. The van der Waals surface area contributed by atoms with E-state index >= 15 is 0 Å². The number of hydrogen-bond donors (Lipinski definition) is 1. The third kappa shape index (κ3) is 2.62. The zero-order valence-corrected chi connectivity index (χ0v) is 10.5. The van der Waals surface area contributed by atoms with Crippen LogP contribution in [0.25, 0.3) is 0 Å². The molecule has 0 unspecified atom stereocenters. The number of aryl methyl sites for hydroxylation is 1. The quantitative estimate of drug-likeness (QED) is 0.838. The molecule has 2 N–H and O–H groups in total. The Kier molecular flexibility index (Phi) is 3.51. The molecule has 94 valence electrons. The van der Waals surface area contributed by atoms with E-state index in [0.717, 1.165) is 22.4 Å². The Balaban J connectivity index is 2.14. The van der Waals surface area contributed by atoms with Crippen molar-refractivity contribution in [1.82, 2.24) is 0 Å². The molecule has 2 aromatic rings. The van der Waals surface area contributed by atoms with E-state index < -0.39 is 0 Å². The highest BCUT2D eigenvalue weighted by molar-refractivity contribution is 5.49. The van der Waals surface area contributed by atoms with Gasteiger partial charge < -0.3 is 10.5 Å². The molecule has 2 rings (SSSR count). The summed E-state index contributed by atoms with van der Waals surface area (Å²) in [5.74, 6) is 0.443. The summed E-state index contributed by atoms with van der Waals surface area (Å²) in [6.45, 7) is 4.22. The predicted octanol–water partition coefficient (Wildman–Crippen LogP) is 3.60. The number of benzene rings is 2. The van der Waals surface area contributed by atoms with E-state index in [-0.39, 0.29) is 5.82 Å². The van der Waals surface area contributed by atoms with Gasteiger partial charge in [0.2, 0.25) is 0 Å². The normalized spacial score (nSPS) is 10.4. The van der Waals surface area contributed by atoms with Gasteiger partial charge in [-0.3, -0.25) is 0 Å². The summed E-state index contributed by atoms with van der Waals surface area (Å²) in [6, 6.07) is 10.2. The van der Waals surface area contributed by atoms with Crippen molar-refractivity contribution in [3.05, 3.63) is 58.9 Å². The van der Waals surface area contributed by atoms with Crippen LogP contribution in [0.5, 0.6) is 5.75 Å². The highest BCUT2D eigenvalue weighted by Crippen LogP contribution is 2.22. The predicted molar refractivity (Wildman–Crippen MR) is 71.1 cm³/mol. The van der Waals surface area contributed by atoms with Crippen LogP contribution < -0.4 is 10.5 Å². The Morgan fingerprint density at radius 3 is 2.67 bits per heavy atom. The van der Waals surface area contributed by atoms with Gasteiger partial charge in [0.05, 0.1) is 0 Å². The minimum Gasteiger partial charge on any atom is -0.489 e. The number of nitrogen functional groups attached to an aromatic ring is 1. The van der Waals surface area contributed by atoms with Gasteiger partial charge >= 0.3 is 0 Å². The molecule has 0 saturated carbocycles. The van der Waals surface area contributed by atoms with Crippen molar-refractivity contribution in [3.8, 4) is 5.75 Å². The first-order chi connectivity index (χ1) is 8.58. The van der Waals surface area contributed by atoms with Crippen LogP contribution in [0, 0.1) is 19.7 Å². The van der Waals surface area contributed by atoms with Gasteiger partial charge in [-0.1, -0.05) is 12.1 Å². The smallest absolute Gasteiger partial charge is 0.123 e. The lowest BCUT2D eigenvalue weighted by Crippen LogP contribution is -2.01. The van der Waals surface area contributed by atoms with Gasteiger partial charge in [0.25, 0.3) is 0 Å². The van der Waals surface area contributed by atoms with Crippen molar-refractivity contribution in [3.63, 3.8) is 0 Å². The second kappa shape index (κ2) is 5.08. The maximum atomic E-state index is 13.0. The van der Waals surface area contributed by atoms with Gasteiger partial charge in [0, 0.05) is 5.69 Å². The van der Waals surface area contributed by atoms with Crippen LogP contribution in [0.2, 0.25) is 0 Å². The largest absolute Gasteiger partial charge is 0.489 e. The topological polar surface area (TPSA) is 35.2 Å². The Bertz CT molecular complexity index is 566. The zero-order chi connectivity index (χ0) is 13.1. The first kappa shape index (κ1) is 12.4. The van der Waals surface area contributed by atoms with E-state index in [4.69, 9.17) is 10.5 Å². The fraction of sp³-hybridized carbons (Fsp3) is 0.200. The van der Waals surface area contributed by atoms with Crippen molar-refractivity contribution in [2.45, 2.75) is 20.5 Å². The first-order valence-electron chi connectivity index (χ1n) is 5.81. The van der Waals surface area contributed by atoms with Crippen molar-refractivity contribution in [2.24, 2.45) is 0 Å². The third-order valence-corrected chi connectivity index (χ3v) is 3.01. The molecule has 0 fully saturated rings. The first-order valence-corrected chi connectivity index (χ1v) is 5.81. The molecule has 0 amide bonds. The zero-order valence-electron chi connectivity index (χ0n) is 10.5. The number of anilines is 1. The molecule has 0 heterocycles. The molecular weight excluding hydrogens is 229 g/mol. The van der Waals surface area contributed by atoms with Gasteiger partial charge in [0.15, 0.2) is 0 Å². The fourth-order valence-electron chi connectivity index (χ4n) is 1.79. The molecule has 0 bridgehead atoms. The summed E-state index contributed by atoms with van der Waals surface area (Å²) in [6.07, 6.45) is 0. The van der Waals surface area contributed by atoms with E-state index in [9.17, 15) is 4.39 Å². The summed E-state index contributed by atoms with van der Waals surface area (Å²) >= 11 is 0. The minimum absolute atomic E-state index is 0.250. The Morgan fingerprint density at radius 2 is 1.94 bits per heavy atom.